The number of primary sulfonamides is 1. The second-order valence-corrected chi connectivity index (χ2v) is 9.98. The number of hydrogen-bond donors (Lipinski definition) is 1. The number of alkyl halides is 2. The summed E-state index contributed by atoms with van der Waals surface area (Å²) in [5.41, 5.74) is 2.19. The normalized spacial score (nSPS) is 24.2. The molecule has 1 aliphatic carbocycles. The van der Waals surface area contributed by atoms with Crippen LogP contribution >= 0.6 is 0 Å². The van der Waals surface area contributed by atoms with Gasteiger partial charge in [-0.15, -0.1) is 0 Å². The van der Waals surface area contributed by atoms with E-state index in [1.165, 1.54) is 0 Å². The van der Waals surface area contributed by atoms with Gasteiger partial charge in [0.2, 0.25) is 16.0 Å². The van der Waals surface area contributed by atoms with Crippen molar-refractivity contribution in [3.63, 3.8) is 0 Å². The third kappa shape index (κ3) is 3.22. The molecule has 2 aliphatic heterocycles. The van der Waals surface area contributed by atoms with Gasteiger partial charge in [-0.25, -0.2) is 23.5 Å². The molecule has 7 nitrogen and oxygen atoms in total. The minimum Gasteiger partial charge on any atom is -0.493 e. The molecule has 5 rings (SSSR count). The van der Waals surface area contributed by atoms with Crippen LogP contribution in [-0.2, 0) is 22.4 Å². The van der Waals surface area contributed by atoms with Crippen LogP contribution < -0.4 is 14.8 Å². The second kappa shape index (κ2) is 6.58. The molecule has 10 heteroatoms. The highest BCUT2D eigenvalue weighted by atomic mass is 32.2. The molecule has 1 aromatic heterocycles. The highest BCUT2D eigenvalue weighted by molar-refractivity contribution is 7.89. The Bertz CT molecular complexity index is 1140. The van der Waals surface area contributed by atoms with E-state index >= 15 is 0 Å². The molecule has 3 aliphatic rings. The molecule has 0 spiro atoms. The number of aromatic nitrogens is 2. The van der Waals surface area contributed by atoms with Crippen molar-refractivity contribution in [2.24, 2.45) is 5.14 Å². The zero-order valence-electron chi connectivity index (χ0n) is 16.4. The standard InChI is InChI=1S/C20H22F2N4O3S/c1-11-5-7-26(11)19-24-17(15-4-6-20(21,22)18(15)25-19)12-2-3-14-13(10-30(23,27)28)9-29-16(14)8-12/h2-3,8,11,13H,4-7,9-10H2,1H3,(H2,23,27,28)/t11-,13+/m0/s1. The number of sulfonamides is 1. The van der Waals surface area contributed by atoms with Crippen LogP contribution in [0.2, 0.25) is 0 Å². The lowest BCUT2D eigenvalue weighted by atomic mass is 9.98. The van der Waals surface area contributed by atoms with E-state index in [4.69, 9.17) is 9.88 Å². The Morgan fingerprint density at radius 1 is 1.33 bits per heavy atom. The van der Waals surface area contributed by atoms with Crippen molar-refractivity contribution in [3.05, 3.63) is 35.0 Å². The van der Waals surface area contributed by atoms with Crippen LogP contribution in [0.25, 0.3) is 11.3 Å². The fraction of sp³-hybridized carbons (Fsp3) is 0.500. The maximum atomic E-state index is 14.5. The van der Waals surface area contributed by atoms with Crippen molar-refractivity contribution >= 4 is 16.0 Å². The van der Waals surface area contributed by atoms with Gasteiger partial charge in [0.1, 0.15) is 11.4 Å². The third-order valence-electron chi connectivity index (χ3n) is 6.21. The lowest BCUT2D eigenvalue weighted by molar-refractivity contribution is -0.00595. The van der Waals surface area contributed by atoms with Crippen LogP contribution in [-0.4, -0.2) is 43.3 Å². The number of fused-ring (bicyclic) bond motifs is 2. The van der Waals surface area contributed by atoms with Gasteiger partial charge in [0.15, 0.2) is 0 Å². The lowest BCUT2D eigenvalue weighted by Gasteiger charge is -2.39. The molecule has 2 atom stereocenters. The van der Waals surface area contributed by atoms with Gasteiger partial charge in [0.05, 0.1) is 18.1 Å². The number of hydrogen-bond acceptors (Lipinski definition) is 6. The second-order valence-electron chi connectivity index (χ2n) is 8.32. The zero-order chi connectivity index (χ0) is 21.3. The number of ether oxygens (including phenoxy) is 1. The predicted molar refractivity (Wildman–Crippen MR) is 107 cm³/mol. The van der Waals surface area contributed by atoms with Crippen molar-refractivity contribution < 1.29 is 21.9 Å². The molecule has 0 saturated carbocycles. The van der Waals surface area contributed by atoms with Crippen LogP contribution in [0.5, 0.6) is 5.75 Å². The molecule has 0 radical (unpaired) electrons. The van der Waals surface area contributed by atoms with Crippen LogP contribution in [0.4, 0.5) is 14.7 Å². The van der Waals surface area contributed by atoms with Gasteiger partial charge in [0.25, 0.3) is 5.92 Å². The lowest BCUT2D eigenvalue weighted by Crippen LogP contribution is -2.47. The molecule has 2 aromatic rings. The van der Waals surface area contributed by atoms with Crippen LogP contribution in [0.15, 0.2) is 18.2 Å². The summed E-state index contributed by atoms with van der Waals surface area (Å²) in [4.78, 5) is 10.8. The SMILES string of the molecule is C[C@H]1CCN1c1nc(-c2ccc3c(c2)OC[C@@H]3CS(N)(=O)=O)c2c(n1)C(F)(F)CC2. The highest BCUT2D eigenvalue weighted by Crippen LogP contribution is 2.46. The van der Waals surface area contributed by atoms with Gasteiger partial charge in [-0.05, 0) is 25.8 Å². The molecular weight excluding hydrogens is 414 g/mol. The summed E-state index contributed by atoms with van der Waals surface area (Å²) < 4.78 is 57.7. The molecule has 0 amide bonds. The molecule has 160 valence electrons. The van der Waals surface area contributed by atoms with Crippen molar-refractivity contribution in [2.75, 3.05) is 23.8 Å². The predicted octanol–water partition coefficient (Wildman–Crippen LogP) is 2.54. The summed E-state index contributed by atoms with van der Waals surface area (Å²) >= 11 is 0. The van der Waals surface area contributed by atoms with E-state index in [1.54, 1.807) is 18.2 Å². The maximum absolute atomic E-state index is 14.5. The zero-order valence-corrected chi connectivity index (χ0v) is 17.3. The molecule has 0 unspecified atom stereocenters. The first kappa shape index (κ1) is 19.6. The minimum atomic E-state index is -3.64. The number of rotatable bonds is 4. The van der Waals surface area contributed by atoms with E-state index in [9.17, 15) is 17.2 Å². The molecule has 30 heavy (non-hydrogen) atoms. The molecule has 2 N–H and O–H groups in total. The summed E-state index contributed by atoms with van der Waals surface area (Å²) in [5, 5.41) is 5.18. The average Bonchev–Trinajstić information content (AvgIpc) is 3.19. The molecule has 1 saturated heterocycles. The van der Waals surface area contributed by atoms with Crippen LogP contribution in [0.3, 0.4) is 0 Å². The van der Waals surface area contributed by atoms with E-state index < -0.39 is 15.9 Å². The summed E-state index contributed by atoms with van der Waals surface area (Å²) in [6, 6.07) is 5.53. The van der Waals surface area contributed by atoms with E-state index in [2.05, 4.69) is 9.97 Å². The molecule has 3 heterocycles. The van der Waals surface area contributed by atoms with Gasteiger partial charge in [-0.3, -0.25) is 0 Å². The Morgan fingerprint density at radius 2 is 2.13 bits per heavy atom. The third-order valence-corrected chi connectivity index (χ3v) is 7.07. The Hall–Kier alpha value is -2.33. The molecule has 0 bridgehead atoms. The fourth-order valence-electron chi connectivity index (χ4n) is 4.43. The smallest absolute Gasteiger partial charge is 0.290 e. The average molecular weight is 436 g/mol. The summed E-state index contributed by atoms with van der Waals surface area (Å²) in [6.07, 6.45) is 0.907. The Labute approximate surface area is 173 Å². The van der Waals surface area contributed by atoms with Crippen LogP contribution in [0, 0.1) is 0 Å². The maximum Gasteiger partial charge on any atom is 0.290 e. The number of halogens is 2. The summed E-state index contributed by atoms with van der Waals surface area (Å²) in [6.45, 7) is 2.98. The molecule has 1 aromatic carbocycles. The first-order valence-corrected chi connectivity index (χ1v) is 11.7. The molecule has 1 fully saturated rings. The van der Waals surface area contributed by atoms with Gasteiger partial charge < -0.3 is 9.64 Å². The summed E-state index contributed by atoms with van der Waals surface area (Å²) in [5.74, 6) is -2.65. The van der Waals surface area contributed by atoms with Crippen molar-refractivity contribution in [2.45, 2.75) is 44.1 Å². The van der Waals surface area contributed by atoms with E-state index in [0.29, 0.717) is 28.5 Å². The number of nitrogens with zero attached hydrogens (tertiary/aromatic N) is 3. The van der Waals surface area contributed by atoms with Gasteiger partial charge in [-0.1, -0.05) is 12.1 Å². The van der Waals surface area contributed by atoms with Crippen molar-refractivity contribution in [1.29, 1.82) is 0 Å². The Morgan fingerprint density at radius 3 is 2.80 bits per heavy atom. The number of nitrogens with two attached hydrogens (primary N) is 1. The van der Waals surface area contributed by atoms with Crippen molar-refractivity contribution in [3.8, 4) is 17.0 Å². The van der Waals surface area contributed by atoms with Crippen LogP contribution in [0.1, 0.15) is 42.5 Å². The minimum absolute atomic E-state index is 0.185. The monoisotopic (exact) mass is 436 g/mol. The van der Waals surface area contributed by atoms with E-state index in [1.807, 2.05) is 11.8 Å². The molecular formula is C20H22F2N4O3S. The largest absolute Gasteiger partial charge is 0.493 e. The topological polar surface area (TPSA) is 98.4 Å². The fourth-order valence-corrected chi connectivity index (χ4v) is 5.27. The Balaban J connectivity index is 1.58. The first-order chi connectivity index (χ1) is 14.1. The quantitative estimate of drug-likeness (QED) is 0.791. The van der Waals surface area contributed by atoms with Gasteiger partial charge in [-0.2, -0.15) is 8.78 Å². The van der Waals surface area contributed by atoms with Gasteiger partial charge >= 0.3 is 0 Å². The number of anilines is 1. The van der Waals surface area contributed by atoms with E-state index in [0.717, 1.165) is 18.5 Å². The van der Waals surface area contributed by atoms with Crippen molar-refractivity contribution in [1.82, 2.24) is 9.97 Å². The highest BCUT2D eigenvalue weighted by Gasteiger charge is 2.44. The Kier molecular flexibility index (Phi) is 4.31. The van der Waals surface area contributed by atoms with Gasteiger partial charge in [0, 0.05) is 41.6 Å². The first-order valence-electron chi connectivity index (χ1n) is 9.96. The summed E-state index contributed by atoms with van der Waals surface area (Å²) in [7, 11) is -3.64. The number of benzene rings is 1. The van der Waals surface area contributed by atoms with E-state index in [-0.39, 0.29) is 42.9 Å².